The summed E-state index contributed by atoms with van der Waals surface area (Å²) in [6.45, 7) is 2.63. The minimum absolute atomic E-state index is 0.149. The molecule has 1 aliphatic rings. The highest BCUT2D eigenvalue weighted by molar-refractivity contribution is 5.55. The van der Waals surface area contributed by atoms with Crippen LogP contribution in [0.25, 0.3) is 0 Å². The molecule has 1 fully saturated rings. The van der Waals surface area contributed by atoms with Gasteiger partial charge in [-0.3, -0.25) is 0 Å². The fourth-order valence-electron chi connectivity index (χ4n) is 2.64. The third-order valence-corrected chi connectivity index (χ3v) is 3.64. The topological polar surface area (TPSA) is 49.5 Å². The molecule has 2 rings (SSSR count). The largest absolute Gasteiger partial charge is 0.393 e. The molecule has 4 heteroatoms. The Morgan fingerprint density at radius 2 is 2.17 bits per heavy atom. The Balaban J connectivity index is 2.14. The highest BCUT2D eigenvalue weighted by atomic mass is 19.1. The van der Waals surface area contributed by atoms with Crippen molar-refractivity contribution < 1.29 is 9.50 Å². The predicted molar refractivity (Wildman–Crippen MR) is 71.0 cm³/mol. The summed E-state index contributed by atoms with van der Waals surface area (Å²) in [4.78, 5) is 2.04. The van der Waals surface area contributed by atoms with E-state index in [-0.39, 0.29) is 18.0 Å². The zero-order valence-electron chi connectivity index (χ0n) is 10.9. The van der Waals surface area contributed by atoms with Crippen molar-refractivity contribution >= 4 is 5.69 Å². The lowest BCUT2D eigenvalue weighted by molar-refractivity contribution is 0.0464. The number of rotatable bonds is 4. The van der Waals surface area contributed by atoms with Crippen LogP contribution in [-0.4, -0.2) is 24.8 Å². The Kier molecular flexibility index (Phi) is 3.88. The van der Waals surface area contributed by atoms with E-state index in [4.69, 9.17) is 5.73 Å². The van der Waals surface area contributed by atoms with Crippen LogP contribution in [0.3, 0.4) is 0 Å². The summed E-state index contributed by atoms with van der Waals surface area (Å²) in [6, 6.07) is 4.73. The maximum absolute atomic E-state index is 13.8. The molecule has 0 spiro atoms. The predicted octanol–water partition coefficient (Wildman–Crippen LogP) is 2.05. The fraction of sp³-hybridized carbons (Fsp3) is 0.571. The quantitative estimate of drug-likeness (QED) is 0.862. The second-order valence-electron chi connectivity index (χ2n) is 5.33. The molecule has 0 aromatic heterocycles. The van der Waals surface area contributed by atoms with E-state index in [1.165, 1.54) is 6.07 Å². The number of halogens is 1. The Morgan fingerprint density at radius 1 is 1.50 bits per heavy atom. The number of nitrogens with two attached hydrogens (primary N) is 1. The smallest absolute Gasteiger partial charge is 0.130 e. The van der Waals surface area contributed by atoms with Crippen LogP contribution >= 0.6 is 0 Å². The van der Waals surface area contributed by atoms with Gasteiger partial charge in [0.25, 0.3) is 0 Å². The van der Waals surface area contributed by atoms with Crippen molar-refractivity contribution in [2.45, 2.75) is 31.9 Å². The zero-order valence-corrected chi connectivity index (χ0v) is 10.9. The Labute approximate surface area is 107 Å². The average molecular weight is 252 g/mol. The van der Waals surface area contributed by atoms with Crippen LogP contribution in [0.5, 0.6) is 0 Å². The Hall–Kier alpha value is -1.13. The first-order valence-electron chi connectivity index (χ1n) is 6.42. The number of hydrogen-bond donors (Lipinski definition) is 2. The van der Waals surface area contributed by atoms with E-state index in [9.17, 15) is 9.50 Å². The van der Waals surface area contributed by atoms with Gasteiger partial charge in [0.15, 0.2) is 0 Å². The molecule has 0 heterocycles. The van der Waals surface area contributed by atoms with Gasteiger partial charge in [0.1, 0.15) is 5.82 Å². The van der Waals surface area contributed by atoms with Crippen LogP contribution in [0.2, 0.25) is 0 Å². The van der Waals surface area contributed by atoms with Crippen LogP contribution in [-0.2, 0) is 0 Å². The molecule has 1 aliphatic carbocycles. The number of nitrogens with zero attached hydrogens (tertiary/aromatic N) is 1. The van der Waals surface area contributed by atoms with Gasteiger partial charge >= 0.3 is 0 Å². The van der Waals surface area contributed by atoms with Gasteiger partial charge in [-0.15, -0.1) is 0 Å². The summed E-state index contributed by atoms with van der Waals surface area (Å²) in [5.41, 5.74) is 7.27. The summed E-state index contributed by atoms with van der Waals surface area (Å²) in [5, 5.41) is 9.29. The van der Waals surface area contributed by atoms with Gasteiger partial charge in [0.05, 0.1) is 6.10 Å². The molecule has 18 heavy (non-hydrogen) atoms. The van der Waals surface area contributed by atoms with Crippen LogP contribution in [0.15, 0.2) is 18.2 Å². The third-order valence-electron chi connectivity index (χ3n) is 3.64. The third kappa shape index (κ3) is 2.65. The first-order chi connectivity index (χ1) is 8.49. The van der Waals surface area contributed by atoms with Gasteiger partial charge in [-0.1, -0.05) is 6.07 Å². The van der Waals surface area contributed by atoms with E-state index in [2.05, 4.69) is 0 Å². The summed E-state index contributed by atoms with van der Waals surface area (Å²) in [5.74, 6) is 0.247. The maximum atomic E-state index is 13.8. The van der Waals surface area contributed by atoms with Crippen molar-refractivity contribution in [3.63, 3.8) is 0 Å². The van der Waals surface area contributed by atoms with Gasteiger partial charge < -0.3 is 15.7 Å². The summed E-state index contributed by atoms with van der Waals surface area (Å²) in [7, 11) is 1.95. The van der Waals surface area contributed by atoms with E-state index in [1.807, 2.05) is 18.0 Å². The highest BCUT2D eigenvalue weighted by Gasteiger charge is 2.28. The summed E-state index contributed by atoms with van der Waals surface area (Å²) in [6.07, 6.45) is 1.53. The lowest BCUT2D eigenvalue weighted by atomic mass is 9.82. The lowest BCUT2D eigenvalue weighted by Gasteiger charge is -2.36. The van der Waals surface area contributed by atoms with E-state index in [0.29, 0.717) is 11.5 Å². The monoisotopic (exact) mass is 252 g/mol. The first kappa shape index (κ1) is 13.3. The molecule has 0 aliphatic heterocycles. The molecular weight excluding hydrogens is 231 g/mol. The van der Waals surface area contributed by atoms with Crippen molar-refractivity contribution in [2.24, 2.45) is 11.7 Å². The van der Waals surface area contributed by atoms with Gasteiger partial charge in [-0.05, 0) is 37.8 Å². The van der Waals surface area contributed by atoms with Crippen molar-refractivity contribution in [1.82, 2.24) is 0 Å². The van der Waals surface area contributed by atoms with E-state index in [1.54, 1.807) is 13.0 Å². The lowest BCUT2D eigenvalue weighted by Crippen LogP contribution is -2.37. The van der Waals surface area contributed by atoms with Gasteiger partial charge in [-0.25, -0.2) is 4.39 Å². The standard InChI is InChI=1S/C14H21FN2O/c1-9(16)14-12(15)4-3-5-13(14)17(2)8-10-6-11(18)7-10/h3-5,9-11,18H,6-8,16H2,1-2H3. The molecule has 100 valence electrons. The minimum Gasteiger partial charge on any atom is -0.393 e. The average Bonchev–Trinajstić information content (AvgIpc) is 2.26. The normalized spacial score (nSPS) is 24.5. The second kappa shape index (κ2) is 5.24. The molecular formula is C14H21FN2O. The number of anilines is 1. The second-order valence-corrected chi connectivity index (χ2v) is 5.33. The van der Waals surface area contributed by atoms with E-state index in [0.717, 1.165) is 25.1 Å². The molecule has 0 saturated heterocycles. The number of benzene rings is 1. The minimum atomic E-state index is -0.323. The van der Waals surface area contributed by atoms with Crippen molar-refractivity contribution in [2.75, 3.05) is 18.5 Å². The molecule has 1 atom stereocenters. The van der Waals surface area contributed by atoms with Crippen molar-refractivity contribution in [1.29, 1.82) is 0 Å². The van der Waals surface area contributed by atoms with Gasteiger partial charge in [0, 0.05) is 30.9 Å². The van der Waals surface area contributed by atoms with Gasteiger partial charge in [-0.2, -0.15) is 0 Å². The van der Waals surface area contributed by atoms with E-state index >= 15 is 0 Å². The molecule has 3 N–H and O–H groups in total. The molecule has 0 radical (unpaired) electrons. The molecule has 1 aromatic carbocycles. The fourth-order valence-corrected chi connectivity index (χ4v) is 2.64. The maximum Gasteiger partial charge on any atom is 0.130 e. The summed E-state index contributed by atoms with van der Waals surface area (Å²) >= 11 is 0. The Morgan fingerprint density at radius 3 is 2.72 bits per heavy atom. The van der Waals surface area contributed by atoms with Crippen LogP contribution in [0, 0.1) is 11.7 Å². The van der Waals surface area contributed by atoms with Crippen LogP contribution in [0.4, 0.5) is 10.1 Å². The van der Waals surface area contributed by atoms with Crippen molar-refractivity contribution in [3.8, 4) is 0 Å². The number of hydrogen-bond acceptors (Lipinski definition) is 3. The van der Waals surface area contributed by atoms with Gasteiger partial charge in [0.2, 0.25) is 0 Å². The highest BCUT2D eigenvalue weighted by Crippen LogP contribution is 2.32. The first-order valence-corrected chi connectivity index (χ1v) is 6.42. The number of aliphatic hydroxyl groups is 1. The van der Waals surface area contributed by atoms with E-state index < -0.39 is 0 Å². The SMILES string of the molecule is CC(N)c1c(F)cccc1N(C)CC1CC(O)C1. The summed E-state index contributed by atoms with van der Waals surface area (Å²) < 4.78 is 13.8. The number of aliphatic hydroxyl groups excluding tert-OH is 1. The molecule has 3 nitrogen and oxygen atoms in total. The molecule has 1 unspecified atom stereocenters. The molecule has 0 bridgehead atoms. The van der Waals surface area contributed by atoms with Crippen LogP contribution < -0.4 is 10.6 Å². The van der Waals surface area contributed by atoms with Crippen LogP contribution in [0.1, 0.15) is 31.4 Å². The zero-order chi connectivity index (χ0) is 13.3. The molecule has 1 saturated carbocycles. The molecule has 1 aromatic rings. The molecule has 0 amide bonds. The Bertz CT molecular complexity index is 416. The van der Waals surface area contributed by atoms with Crippen molar-refractivity contribution in [3.05, 3.63) is 29.6 Å².